The van der Waals surface area contributed by atoms with E-state index in [1.807, 2.05) is 24.7 Å². The third-order valence-corrected chi connectivity index (χ3v) is 4.65. The lowest BCUT2D eigenvalue weighted by atomic mass is 10.1. The van der Waals surface area contributed by atoms with Crippen molar-refractivity contribution in [2.45, 2.75) is 32.6 Å². The summed E-state index contributed by atoms with van der Waals surface area (Å²) >= 11 is 0. The second kappa shape index (κ2) is 8.17. The molecule has 3 heterocycles. The van der Waals surface area contributed by atoms with Crippen LogP contribution in [0.4, 0.5) is 5.82 Å². The summed E-state index contributed by atoms with van der Waals surface area (Å²) < 4.78 is 5.82. The minimum absolute atomic E-state index is 0. The van der Waals surface area contributed by atoms with Crippen molar-refractivity contribution in [2.24, 2.45) is 5.73 Å². The van der Waals surface area contributed by atoms with Crippen LogP contribution >= 0.6 is 12.4 Å². The molecule has 0 aliphatic carbocycles. The molecule has 0 spiro atoms. The van der Waals surface area contributed by atoms with Crippen LogP contribution in [0.1, 0.15) is 19.5 Å². The first-order valence-corrected chi connectivity index (χ1v) is 8.94. The summed E-state index contributed by atoms with van der Waals surface area (Å²) in [5.74, 6) is 0.891. The van der Waals surface area contributed by atoms with Crippen LogP contribution in [-0.2, 0) is 11.3 Å². The summed E-state index contributed by atoms with van der Waals surface area (Å²) in [6.45, 7) is 6.26. The molecule has 1 aliphatic rings. The summed E-state index contributed by atoms with van der Waals surface area (Å²) in [4.78, 5) is 15.9. The highest BCUT2D eigenvalue weighted by molar-refractivity contribution is 5.86. The van der Waals surface area contributed by atoms with Crippen molar-refractivity contribution >= 4 is 29.0 Å². The lowest BCUT2D eigenvalue weighted by Gasteiger charge is -2.35. The number of nitrogens with zero attached hydrogens (tertiary/aromatic N) is 4. The van der Waals surface area contributed by atoms with Gasteiger partial charge in [0.2, 0.25) is 0 Å². The molecule has 1 saturated heterocycles. The number of rotatable bonds is 3. The smallest absolute Gasteiger partial charge is 0.147 e. The Kier molecular flexibility index (Phi) is 5.89. The van der Waals surface area contributed by atoms with Gasteiger partial charge in [-0.05, 0) is 31.4 Å². The van der Waals surface area contributed by atoms with Crippen LogP contribution in [0.5, 0.6) is 0 Å². The summed E-state index contributed by atoms with van der Waals surface area (Å²) in [5.41, 5.74) is 8.50. The molecule has 27 heavy (non-hydrogen) atoms. The van der Waals surface area contributed by atoms with E-state index in [0.717, 1.165) is 46.6 Å². The van der Waals surface area contributed by atoms with Gasteiger partial charge in [0.05, 0.1) is 36.0 Å². The molecule has 3 aromatic rings. The summed E-state index contributed by atoms with van der Waals surface area (Å²) in [6, 6.07) is 8.27. The third kappa shape index (κ3) is 4.18. The number of halogens is 1. The Hall–Kier alpha value is -2.28. The molecule has 0 unspecified atom stereocenters. The highest BCUT2D eigenvalue weighted by atomic mass is 35.5. The molecule has 4 rings (SSSR count). The molecule has 1 fully saturated rings. The predicted octanol–water partition coefficient (Wildman–Crippen LogP) is 3.19. The molecule has 2 N–H and O–H groups in total. The molecule has 142 valence electrons. The second-order valence-corrected chi connectivity index (χ2v) is 6.87. The molecule has 2 aromatic heterocycles. The van der Waals surface area contributed by atoms with E-state index < -0.39 is 0 Å². The molecule has 0 amide bonds. The third-order valence-electron chi connectivity index (χ3n) is 4.65. The minimum atomic E-state index is 0. The number of hydrogen-bond acceptors (Lipinski definition) is 6. The van der Waals surface area contributed by atoms with Gasteiger partial charge in [-0.25, -0.2) is 4.98 Å². The number of morpholine rings is 1. The predicted molar refractivity (Wildman–Crippen MR) is 110 cm³/mol. The topological polar surface area (TPSA) is 77.2 Å². The van der Waals surface area contributed by atoms with E-state index in [1.54, 1.807) is 0 Å². The van der Waals surface area contributed by atoms with Crippen molar-refractivity contribution in [1.82, 2.24) is 15.0 Å². The van der Waals surface area contributed by atoms with Gasteiger partial charge in [-0.2, -0.15) is 0 Å². The lowest BCUT2D eigenvalue weighted by Crippen LogP contribution is -2.45. The van der Waals surface area contributed by atoms with E-state index in [-0.39, 0.29) is 24.6 Å². The molecule has 1 aromatic carbocycles. The van der Waals surface area contributed by atoms with Crippen LogP contribution in [-0.4, -0.2) is 40.2 Å². The van der Waals surface area contributed by atoms with Crippen molar-refractivity contribution in [1.29, 1.82) is 0 Å². The standard InChI is InChI=1S/C20H23N5O.ClH/c1-13-11-25(12-14(2)26-13)20-10-22-9-19(24-20)15-3-4-16-8-23-18(7-21)6-17(16)5-15;/h3-6,8-10,13-14H,7,11-12,21H2,1-2H3;1H/t13-,14+;. The van der Waals surface area contributed by atoms with Gasteiger partial charge in [0, 0.05) is 36.8 Å². The van der Waals surface area contributed by atoms with E-state index in [4.69, 9.17) is 15.5 Å². The van der Waals surface area contributed by atoms with Crippen molar-refractivity contribution in [3.8, 4) is 11.3 Å². The number of aromatic nitrogens is 3. The Bertz CT molecular complexity index is 925. The van der Waals surface area contributed by atoms with Crippen LogP contribution in [0.3, 0.4) is 0 Å². The van der Waals surface area contributed by atoms with Crippen LogP contribution in [0.25, 0.3) is 22.0 Å². The highest BCUT2D eigenvalue weighted by Gasteiger charge is 2.23. The molecule has 0 radical (unpaired) electrons. The fourth-order valence-electron chi connectivity index (χ4n) is 3.47. The average molecular weight is 386 g/mol. The van der Waals surface area contributed by atoms with Crippen molar-refractivity contribution in [3.63, 3.8) is 0 Å². The van der Waals surface area contributed by atoms with Crippen molar-refractivity contribution in [3.05, 3.63) is 48.5 Å². The van der Waals surface area contributed by atoms with Gasteiger partial charge >= 0.3 is 0 Å². The van der Waals surface area contributed by atoms with Crippen LogP contribution in [0, 0.1) is 0 Å². The van der Waals surface area contributed by atoms with Gasteiger partial charge in [0.25, 0.3) is 0 Å². The Morgan fingerprint density at radius 3 is 2.59 bits per heavy atom. The molecular weight excluding hydrogens is 362 g/mol. The average Bonchev–Trinajstić information content (AvgIpc) is 2.66. The number of anilines is 1. The second-order valence-electron chi connectivity index (χ2n) is 6.87. The molecule has 0 bridgehead atoms. The maximum Gasteiger partial charge on any atom is 0.147 e. The zero-order valence-electron chi connectivity index (χ0n) is 15.5. The van der Waals surface area contributed by atoms with Crippen LogP contribution in [0.2, 0.25) is 0 Å². The van der Waals surface area contributed by atoms with Crippen LogP contribution < -0.4 is 10.6 Å². The number of hydrogen-bond donors (Lipinski definition) is 1. The van der Waals surface area contributed by atoms with E-state index in [1.165, 1.54) is 0 Å². The van der Waals surface area contributed by atoms with Gasteiger partial charge in [-0.3, -0.25) is 9.97 Å². The number of ether oxygens (including phenoxy) is 1. The largest absolute Gasteiger partial charge is 0.372 e. The fraction of sp³-hybridized carbons (Fsp3) is 0.350. The fourth-order valence-corrected chi connectivity index (χ4v) is 3.47. The first-order chi connectivity index (χ1) is 12.6. The Morgan fingerprint density at radius 2 is 1.85 bits per heavy atom. The van der Waals surface area contributed by atoms with E-state index in [2.05, 4.69) is 46.9 Å². The Balaban J connectivity index is 0.00000210. The van der Waals surface area contributed by atoms with E-state index in [9.17, 15) is 0 Å². The van der Waals surface area contributed by atoms with Gasteiger partial charge in [-0.15, -0.1) is 12.4 Å². The summed E-state index contributed by atoms with van der Waals surface area (Å²) in [6.07, 6.45) is 5.87. The number of pyridine rings is 1. The first kappa shape index (κ1) is 19.5. The zero-order valence-corrected chi connectivity index (χ0v) is 16.3. The molecule has 2 atom stereocenters. The van der Waals surface area contributed by atoms with Gasteiger partial charge in [-0.1, -0.05) is 12.1 Å². The normalized spacial score (nSPS) is 19.7. The maximum atomic E-state index is 5.82. The number of benzene rings is 1. The van der Waals surface area contributed by atoms with Gasteiger partial charge in [0.1, 0.15) is 5.82 Å². The van der Waals surface area contributed by atoms with Crippen LogP contribution in [0.15, 0.2) is 42.9 Å². The van der Waals surface area contributed by atoms with Crippen molar-refractivity contribution < 1.29 is 4.74 Å². The molecule has 7 heteroatoms. The highest BCUT2D eigenvalue weighted by Crippen LogP contribution is 2.25. The van der Waals surface area contributed by atoms with E-state index >= 15 is 0 Å². The zero-order chi connectivity index (χ0) is 18.1. The van der Waals surface area contributed by atoms with E-state index in [0.29, 0.717) is 6.54 Å². The van der Waals surface area contributed by atoms with Gasteiger partial charge in [0.15, 0.2) is 0 Å². The number of nitrogens with two attached hydrogens (primary N) is 1. The van der Waals surface area contributed by atoms with Crippen molar-refractivity contribution in [2.75, 3.05) is 18.0 Å². The molecule has 0 saturated carbocycles. The lowest BCUT2D eigenvalue weighted by molar-refractivity contribution is -0.00547. The minimum Gasteiger partial charge on any atom is -0.372 e. The quantitative estimate of drug-likeness (QED) is 0.746. The Morgan fingerprint density at radius 1 is 1.07 bits per heavy atom. The molecule has 1 aliphatic heterocycles. The Labute approximate surface area is 165 Å². The summed E-state index contributed by atoms with van der Waals surface area (Å²) in [7, 11) is 0. The monoisotopic (exact) mass is 385 g/mol. The first-order valence-electron chi connectivity index (χ1n) is 8.94. The molecular formula is C20H24ClN5O. The summed E-state index contributed by atoms with van der Waals surface area (Å²) in [5, 5.41) is 2.20. The molecule has 6 nitrogen and oxygen atoms in total. The SMILES string of the molecule is C[C@@H]1CN(c2cncc(-c3ccc4cnc(CN)cc4c3)n2)C[C@H](C)O1.Cl. The van der Waals surface area contributed by atoms with Gasteiger partial charge < -0.3 is 15.4 Å². The number of fused-ring (bicyclic) bond motifs is 1. The maximum absolute atomic E-state index is 5.82.